The van der Waals surface area contributed by atoms with Gasteiger partial charge in [0, 0.05) is 39.7 Å². The topological polar surface area (TPSA) is 41.7 Å². The normalized spacial score (nSPS) is 11.4. The number of hydrogen-bond acceptors (Lipinski definition) is 4. The second-order valence-electron chi connectivity index (χ2n) is 4.08. The van der Waals surface area contributed by atoms with Crippen molar-refractivity contribution in [3.05, 3.63) is 0 Å². The number of nitrogens with zero attached hydrogens (tertiary/aromatic N) is 2. The molecule has 0 aliphatic carbocycles. The molecule has 102 valence electrons. The first kappa shape index (κ1) is 16.8. The van der Waals surface area contributed by atoms with Crippen molar-refractivity contribution >= 4 is 17.2 Å². The van der Waals surface area contributed by atoms with E-state index in [1.807, 2.05) is 0 Å². The highest BCUT2D eigenvalue weighted by Gasteiger charge is 2.07. The van der Waals surface area contributed by atoms with Crippen LogP contribution in [0.5, 0.6) is 0 Å². The molecule has 0 saturated carbocycles. The van der Waals surface area contributed by atoms with Gasteiger partial charge in [0.15, 0.2) is 0 Å². The van der Waals surface area contributed by atoms with E-state index < -0.39 is 0 Å². The molecule has 0 aromatic carbocycles. The molecule has 0 fully saturated rings. The Labute approximate surface area is 111 Å². The molecule has 0 aliphatic rings. The third-order valence-corrected chi connectivity index (χ3v) is 3.12. The molecule has 0 radical (unpaired) electrons. The summed E-state index contributed by atoms with van der Waals surface area (Å²) in [6, 6.07) is 0. The van der Waals surface area contributed by atoms with Gasteiger partial charge in [-0.1, -0.05) is 26.1 Å². The van der Waals surface area contributed by atoms with Gasteiger partial charge in [-0.3, -0.25) is 4.90 Å². The number of thiocarbonyl (C=S) groups is 1. The van der Waals surface area contributed by atoms with Gasteiger partial charge in [-0.2, -0.15) is 0 Å². The Bertz CT molecular complexity index is 198. The second kappa shape index (κ2) is 10.9. The van der Waals surface area contributed by atoms with Crippen molar-refractivity contribution < 1.29 is 4.74 Å². The lowest BCUT2D eigenvalue weighted by Crippen LogP contribution is -2.38. The van der Waals surface area contributed by atoms with Crippen LogP contribution in [0, 0.1) is 0 Å². The Morgan fingerprint density at radius 3 is 2.12 bits per heavy atom. The molecule has 0 heterocycles. The van der Waals surface area contributed by atoms with Crippen LogP contribution in [0.3, 0.4) is 0 Å². The van der Waals surface area contributed by atoms with Gasteiger partial charge >= 0.3 is 0 Å². The maximum atomic E-state index is 5.54. The van der Waals surface area contributed by atoms with Gasteiger partial charge in [-0.15, -0.1) is 0 Å². The molecule has 2 N–H and O–H groups in total. The first-order chi connectivity index (χ1) is 8.13. The van der Waals surface area contributed by atoms with Crippen LogP contribution in [0.2, 0.25) is 0 Å². The molecule has 0 spiro atoms. The Kier molecular flexibility index (Phi) is 10.7. The summed E-state index contributed by atoms with van der Waals surface area (Å²) in [5.41, 5.74) is 5.54. The van der Waals surface area contributed by atoms with Crippen LogP contribution in [0.15, 0.2) is 0 Å². The number of rotatable bonds is 11. The molecule has 0 bridgehead atoms. The molecule has 0 rings (SSSR count). The van der Waals surface area contributed by atoms with Gasteiger partial charge in [0.25, 0.3) is 0 Å². The highest BCUT2D eigenvalue weighted by molar-refractivity contribution is 7.80. The first-order valence-corrected chi connectivity index (χ1v) is 6.76. The minimum absolute atomic E-state index is 0.593. The highest BCUT2D eigenvalue weighted by atomic mass is 32.1. The zero-order chi connectivity index (χ0) is 13.1. The van der Waals surface area contributed by atoms with Gasteiger partial charge in [0.1, 0.15) is 0 Å². The summed E-state index contributed by atoms with van der Waals surface area (Å²) >= 11 is 4.92. The Morgan fingerprint density at radius 2 is 1.65 bits per heavy atom. The van der Waals surface area contributed by atoms with Crippen molar-refractivity contribution in [3.8, 4) is 0 Å². The minimum atomic E-state index is 0.593. The number of nitrogens with two attached hydrogens (primary N) is 1. The molecule has 0 amide bonds. The van der Waals surface area contributed by atoms with Crippen molar-refractivity contribution in [2.75, 3.05) is 53.0 Å². The molecule has 5 heteroatoms. The van der Waals surface area contributed by atoms with E-state index in [0.717, 1.165) is 52.3 Å². The van der Waals surface area contributed by atoms with Gasteiger partial charge < -0.3 is 15.4 Å². The summed E-state index contributed by atoms with van der Waals surface area (Å²) in [5, 5.41) is 0. The van der Waals surface area contributed by atoms with Crippen molar-refractivity contribution in [2.24, 2.45) is 5.73 Å². The number of ether oxygens (including phenoxy) is 1. The quantitative estimate of drug-likeness (QED) is 0.561. The van der Waals surface area contributed by atoms with Crippen molar-refractivity contribution in [2.45, 2.75) is 20.3 Å². The van der Waals surface area contributed by atoms with Crippen LogP contribution < -0.4 is 5.73 Å². The summed E-state index contributed by atoms with van der Waals surface area (Å²) in [6.07, 6.45) is 0.789. The molecule has 0 aromatic heterocycles. The summed E-state index contributed by atoms with van der Waals surface area (Å²) < 4.78 is 5.12. The molecule has 0 aliphatic heterocycles. The molecule has 17 heavy (non-hydrogen) atoms. The Hall–Kier alpha value is -0.230. The lowest BCUT2D eigenvalue weighted by Gasteiger charge is -2.25. The SMILES string of the molecule is CCN(CC)CCN(CCOC)CCC(N)=S. The summed E-state index contributed by atoms with van der Waals surface area (Å²) in [6.45, 7) is 11.4. The predicted octanol–water partition coefficient (Wildman–Crippen LogP) is 0.953. The minimum Gasteiger partial charge on any atom is -0.393 e. The number of methoxy groups -OCH3 is 1. The van der Waals surface area contributed by atoms with Gasteiger partial charge in [0.2, 0.25) is 0 Å². The summed E-state index contributed by atoms with van der Waals surface area (Å²) in [7, 11) is 1.73. The lowest BCUT2D eigenvalue weighted by atomic mass is 10.3. The van der Waals surface area contributed by atoms with Crippen LogP contribution in [0.25, 0.3) is 0 Å². The van der Waals surface area contributed by atoms with Gasteiger partial charge in [-0.05, 0) is 13.1 Å². The first-order valence-electron chi connectivity index (χ1n) is 6.35. The van der Waals surface area contributed by atoms with Gasteiger partial charge in [-0.25, -0.2) is 0 Å². The average molecular weight is 261 g/mol. The largest absolute Gasteiger partial charge is 0.393 e. The lowest BCUT2D eigenvalue weighted by molar-refractivity contribution is 0.139. The van der Waals surface area contributed by atoms with Crippen molar-refractivity contribution in [1.29, 1.82) is 0 Å². The Morgan fingerprint density at radius 1 is 1.06 bits per heavy atom. The predicted molar refractivity (Wildman–Crippen MR) is 77.5 cm³/mol. The van der Waals surface area contributed by atoms with Gasteiger partial charge in [0.05, 0.1) is 11.6 Å². The van der Waals surface area contributed by atoms with Crippen LogP contribution in [0.1, 0.15) is 20.3 Å². The molecular weight excluding hydrogens is 234 g/mol. The molecule has 4 nitrogen and oxygen atoms in total. The van der Waals surface area contributed by atoms with E-state index in [0.29, 0.717) is 4.99 Å². The van der Waals surface area contributed by atoms with E-state index in [1.165, 1.54) is 0 Å². The monoisotopic (exact) mass is 261 g/mol. The van der Waals surface area contributed by atoms with Crippen molar-refractivity contribution in [1.82, 2.24) is 9.80 Å². The fourth-order valence-electron chi connectivity index (χ4n) is 1.65. The average Bonchev–Trinajstić information content (AvgIpc) is 2.32. The zero-order valence-electron chi connectivity index (χ0n) is 11.4. The maximum absolute atomic E-state index is 5.54. The Balaban J connectivity index is 3.94. The maximum Gasteiger partial charge on any atom is 0.0740 e. The summed E-state index contributed by atoms with van der Waals surface area (Å²) in [4.78, 5) is 5.37. The van der Waals surface area contributed by atoms with Crippen LogP contribution >= 0.6 is 12.2 Å². The zero-order valence-corrected chi connectivity index (χ0v) is 12.3. The number of hydrogen-bond donors (Lipinski definition) is 1. The third kappa shape index (κ3) is 9.47. The fourth-order valence-corrected chi connectivity index (χ4v) is 1.74. The molecular formula is C12H27N3OS. The van der Waals surface area contributed by atoms with Crippen LogP contribution in [-0.2, 0) is 4.74 Å². The fraction of sp³-hybridized carbons (Fsp3) is 0.917. The van der Waals surface area contributed by atoms with Crippen LogP contribution in [0.4, 0.5) is 0 Å². The van der Waals surface area contributed by atoms with E-state index in [4.69, 9.17) is 22.7 Å². The number of likely N-dealkylation sites (N-methyl/N-ethyl adjacent to an activating group) is 1. The van der Waals surface area contributed by atoms with Crippen molar-refractivity contribution in [3.63, 3.8) is 0 Å². The van der Waals surface area contributed by atoms with Crippen LogP contribution in [-0.4, -0.2) is 67.8 Å². The molecule has 0 aromatic rings. The van der Waals surface area contributed by atoms with E-state index in [-0.39, 0.29) is 0 Å². The highest BCUT2D eigenvalue weighted by Crippen LogP contribution is 1.95. The molecule has 0 saturated heterocycles. The third-order valence-electron chi connectivity index (χ3n) is 2.91. The smallest absolute Gasteiger partial charge is 0.0740 e. The molecule has 0 atom stereocenters. The standard InChI is InChI=1S/C12H27N3OS/c1-4-14(5-2)8-9-15(10-11-16-3)7-6-12(13)17/h4-11H2,1-3H3,(H2,13,17). The van der Waals surface area contributed by atoms with E-state index in [1.54, 1.807) is 7.11 Å². The van der Waals surface area contributed by atoms with E-state index >= 15 is 0 Å². The molecule has 0 unspecified atom stereocenters. The second-order valence-corrected chi connectivity index (χ2v) is 4.60. The van der Waals surface area contributed by atoms with E-state index in [2.05, 4.69) is 23.6 Å². The summed E-state index contributed by atoms with van der Waals surface area (Å²) in [5.74, 6) is 0. The van der Waals surface area contributed by atoms with E-state index in [9.17, 15) is 0 Å².